The molecule has 34 heavy (non-hydrogen) atoms. The molecule has 7 heteroatoms. The topological polar surface area (TPSA) is 71.4 Å². The number of piperidine rings is 1. The number of fused-ring (bicyclic) bond motifs is 3. The second-order valence-electron chi connectivity index (χ2n) is 8.92. The summed E-state index contributed by atoms with van der Waals surface area (Å²) in [6.07, 6.45) is 1.36. The van der Waals surface area contributed by atoms with E-state index in [-0.39, 0.29) is 24.1 Å². The van der Waals surface area contributed by atoms with Crippen LogP contribution in [0.1, 0.15) is 25.3 Å². The maximum Gasteiger partial charge on any atom is 0.228 e. The van der Waals surface area contributed by atoms with Crippen molar-refractivity contribution in [2.75, 3.05) is 18.4 Å². The van der Waals surface area contributed by atoms with Gasteiger partial charge < -0.3 is 9.88 Å². The van der Waals surface area contributed by atoms with Crippen LogP contribution in [0.3, 0.4) is 0 Å². The Balaban J connectivity index is 1.33. The molecule has 4 aromatic rings. The predicted octanol–water partition coefficient (Wildman–Crippen LogP) is 4.99. The first-order valence-corrected chi connectivity index (χ1v) is 13.4. The number of anilines is 1. The van der Waals surface area contributed by atoms with Gasteiger partial charge in [0.05, 0.1) is 11.7 Å². The third-order valence-corrected chi connectivity index (χ3v) is 8.51. The number of sulfonamides is 1. The van der Waals surface area contributed by atoms with Crippen LogP contribution < -0.4 is 5.32 Å². The zero-order valence-corrected chi connectivity index (χ0v) is 20.1. The normalized spacial score (nSPS) is 17.3. The highest BCUT2D eigenvalue weighted by molar-refractivity contribution is 7.88. The van der Waals surface area contributed by atoms with Gasteiger partial charge in [0.2, 0.25) is 15.9 Å². The molecule has 6 nitrogen and oxygen atoms in total. The highest BCUT2D eigenvalue weighted by atomic mass is 32.2. The van der Waals surface area contributed by atoms with E-state index in [0.29, 0.717) is 19.4 Å². The summed E-state index contributed by atoms with van der Waals surface area (Å²) >= 11 is 0. The number of para-hydroxylation sites is 1. The van der Waals surface area contributed by atoms with Crippen molar-refractivity contribution in [2.45, 2.75) is 32.1 Å². The molecular formula is C27H29N3O3S. The number of rotatable bonds is 6. The lowest BCUT2D eigenvalue weighted by Gasteiger charge is -2.31. The molecule has 2 heterocycles. The molecule has 1 aliphatic heterocycles. The number of benzene rings is 3. The van der Waals surface area contributed by atoms with Crippen LogP contribution in [0.5, 0.6) is 0 Å². The number of carbonyl (C=O) groups excluding carboxylic acids is 1. The third-order valence-electron chi connectivity index (χ3n) is 6.70. The zero-order chi connectivity index (χ0) is 23.7. The molecule has 0 saturated carbocycles. The molecule has 0 spiro atoms. The molecule has 3 aromatic carbocycles. The summed E-state index contributed by atoms with van der Waals surface area (Å²) in [5.41, 5.74) is 3.81. The molecule has 1 N–H and O–H groups in total. The van der Waals surface area contributed by atoms with E-state index in [1.807, 2.05) is 60.7 Å². The van der Waals surface area contributed by atoms with E-state index in [9.17, 15) is 13.2 Å². The molecule has 5 rings (SSSR count). The Morgan fingerprint density at radius 1 is 0.971 bits per heavy atom. The van der Waals surface area contributed by atoms with Crippen molar-refractivity contribution in [3.8, 4) is 0 Å². The average Bonchev–Trinajstić information content (AvgIpc) is 3.17. The lowest BCUT2D eigenvalue weighted by molar-refractivity contribution is -0.120. The molecule has 1 atom stereocenters. The van der Waals surface area contributed by atoms with Gasteiger partial charge in [-0.3, -0.25) is 4.79 Å². The van der Waals surface area contributed by atoms with Crippen LogP contribution in [0.4, 0.5) is 5.69 Å². The Hall–Kier alpha value is -3.16. The van der Waals surface area contributed by atoms with Gasteiger partial charge in [0.1, 0.15) is 0 Å². The fourth-order valence-corrected chi connectivity index (χ4v) is 6.61. The minimum Gasteiger partial charge on any atom is -0.341 e. The van der Waals surface area contributed by atoms with Gasteiger partial charge in [0, 0.05) is 47.1 Å². The lowest BCUT2D eigenvalue weighted by atomic mass is 9.98. The highest BCUT2D eigenvalue weighted by Crippen LogP contribution is 2.31. The minimum atomic E-state index is -3.48. The van der Waals surface area contributed by atoms with Crippen molar-refractivity contribution in [2.24, 2.45) is 5.92 Å². The van der Waals surface area contributed by atoms with Crippen molar-refractivity contribution >= 4 is 43.4 Å². The van der Waals surface area contributed by atoms with Crippen molar-refractivity contribution in [1.29, 1.82) is 0 Å². The number of hydrogen-bond acceptors (Lipinski definition) is 3. The standard InChI is InChI=1S/C27H29N3O3S/c1-2-30-25-13-7-6-12-23(25)24-17-22(14-15-26(24)30)28-27(31)21-11-8-16-29(18-21)34(32,33)19-20-9-4-3-5-10-20/h3-7,9-10,12-15,17,21H,2,8,11,16,18-19H2,1H3,(H,28,31)/t21-/m1/s1. The number of carbonyl (C=O) groups is 1. The largest absolute Gasteiger partial charge is 0.341 e. The van der Waals surface area contributed by atoms with Crippen LogP contribution in [0.15, 0.2) is 72.8 Å². The highest BCUT2D eigenvalue weighted by Gasteiger charge is 2.32. The summed E-state index contributed by atoms with van der Waals surface area (Å²) in [5.74, 6) is -0.537. The number of aromatic nitrogens is 1. The monoisotopic (exact) mass is 475 g/mol. The third kappa shape index (κ3) is 4.33. The van der Waals surface area contributed by atoms with Crippen LogP contribution in [0, 0.1) is 5.92 Å². The maximum atomic E-state index is 13.1. The second kappa shape index (κ2) is 9.24. The minimum absolute atomic E-state index is 0.0413. The molecule has 0 radical (unpaired) electrons. The van der Waals surface area contributed by atoms with Gasteiger partial charge in [-0.05, 0) is 49.6 Å². The Bertz CT molecular complexity index is 1440. The summed E-state index contributed by atoms with van der Waals surface area (Å²) in [6, 6.07) is 23.5. The molecule has 1 saturated heterocycles. The number of hydrogen-bond donors (Lipinski definition) is 1. The molecule has 0 bridgehead atoms. The van der Waals surface area contributed by atoms with Gasteiger partial charge in [0.15, 0.2) is 0 Å². The van der Waals surface area contributed by atoms with Crippen molar-refractivity contribution in [1.82, 2.24) is 8.87 Å². The average molecular weight is 476 g/mol. The summed E-state index contributed by atoms with van der Waals surface area (Å²) in [7, 11) is -3.48. The van der Waals surface area contributed by atoms with E-state index in [1.165, 1.54) is 9.82 Å². The number of aryl methyl sites for hydroxylation is 1. The smallest absolute Gasteiger partial charge is 0.228 e. The first kappa shape index (κ1) is 22.6. The molecule has 1 amide bonds. The van der Waals surface area contributed by atoms with Crippen LogP contribution in [0.2, 0.25) is 0 Å². The van der Waals surface area contributed by atoms with E-state index >= 15 is 0 Å². The Labute approximate surface area is 200 Å². The van der Waals surface area contributed by atoms with Crippen molar-refractivity contribution < 1.29 is 13.2 Å². The van der Waals surface area contributed by atoms with E-state index in [4.69, 9.17) is 0 Å². The summed E-state index contributed by atoms with van der Waals surface area (Å²) in [4.78, 5) is 13.1. The molecule has 1 fully saturated rings. The van der Waals surface area contributed by atoms with E-state index in [0.717, 1.165) is 34.1 Å². The SMILES string of the molecule is CCn1c2ccccc2c2cc(NC(=O)[C@@H]3CCCN(S(=O)(=O)Cc4ccccc4)C3)ccc21. The lowest BCUT2D eigenvalue weighted by Crippen LogP contribution is -2.44. The summed E-state index contributed by atoms with van der Waals surface area (Å²) in [5, 5.41) is 5.31. The van der Waals surface area contributed by atoms with Gasteiger partial charge in [-0.1, -0.05) is 48.5 Å². The van der Waals surface area contributed by atoms with Gasteiger partial charge in [0.25, 0.3) is 0 Å². The fraction of sp³-hybridized carbons (Fsp3) is 0.296. The van der Waals surface area contributed by atoms with Gasteiger partial charge in [-0.15, -0.1) is 0 Å². The Morgan fingerprint density at radius 2 is 1.71 bits per heavy atom. The van der Waals surface area contributed by atoms with Gasteiger partial charge in [-0.2, -0.15) is 0 Å². The molecular weight excluding hydrogens is 446 g/mol. The molecule has 1 aromatic heterocycles. The Morgan fingerprint density at radius 3 is 2.50 bits per heavy atom. The van der Waals surface area contributed by atoms with E-state index in [2.05, 4.69) is 28.9 Å². The summed E-state index contributed by atoms with van der Waals surface area (Å²) in [6.45, 7) is 3.67. The van der Waals surface area contributed by atoms with Crippen molar-refractivity contribution in [3.63, 3.8) is 0 Å². The van der Waals surface area contributed by atoms with E-state index < -0.39 is 10.0 Å². The quantitative estimate of drug-likeness (QED) is 0.427. The zero-order valence-electron chi connectivity index (χ0n) is 19.3. The second-order valence-corrected chi connectivity index (χ2v) is 10.9. The number of nitrogens with one attached hydrogen (secondary N) is 1. The predicted molar refractivity (Wildman–Crippen MR) is 137 cm³/mol. The van der Waals surface area contributed by atoms with Crippen molar-refractivity contribution in [3.05, 3.63) is 78.4 Å². The Kier molecular flexibility index (Phi) is 6.15. The van der Waals surface area contributed by atoms with E-state index in [1.54, 1.807) is 0 Å². The number of nitrogens with zero attached hydrogens (tertiary/aromatic N) is 2. The molecule has 0 unspecified atom stereocenters. The van der Waals surface area contributed by atoms with Crippen LogP contribution in [0.25, 0.3) is 21.8 Å². The fourth-order valence-electron chi connectivity index (χ4n) is 5.00. The van der Waals surface area contributed by atoms with Gasteiger partial charge in [-0.25, -0.2) is 12.7 Å². The van der Waals surface area contributed by atoms with Crippen LogP contribution in [-0.4, -0.2) is 36.3 Å². The van der Waals surface area contributed by atoms with Gasteiger partial charge >= 0.3 is 0 Å². The van der Waals surface area contributed by atoms with Crippen LogP contribution >= 0.6 is 0 Å². The molecule has 176 valence electrons. The maximum absolute atomic E-state index is 13.1. The molecule has 1 aliphatic rings. The molecule has 0 aliphatic carbocycles. The number of amides is 1. The van der Waals surface area contributed by atoms with Crippen LogP contribution in [-0.2, 0) is 27.1 Å². The summed E-state index contributed by atoms with van der Waals surface area (Å²) < 4.78 is 29.7. The first-order valence-electron chi connectivity index (χ1n) is 11.8. The first-order chi connectivity index (χ1) is 16.5.